The first-order chi connectivity index (χ1) is 11.7. The molecule has 3 rings (SSSR count). The molecule has 6 nitrogen and oxygen atoms in total. The molecule has 0 aliphatic carbocycles. The molecule has 1 fully saturated rings. The molecular formula is C18H23N3O3. The standard InChI is InChI=1S/C18H23N3O3/c1-2-3-10-21-18(23)15-9-5-4-8-14(15)16(20-21)17(22)19-12-13-7-6-11-24-13/h4-5,8-9,13H,2-3,6-7,10-12H2,1H3,(H,19,22)/t13-/m0/s1. The summed E-state index contributed by atoms with van der Waals surface area (Å²) in [6.45, 7) is 3.81. The summed E-state index contributed by atoms with van der Waals surface area (Å²) in [6.07, 6.45) is 3.88. The van der Waals surface area contributed by atoms with E-state index in [1.54, 1.807) is 12.1 Å². The second kappa shape index (κ2) is 7.57. The SMILES string of the molecule is CCCCn1nc(C(=O)NC[C@@H]2CCCO2)c2ccccc2c1=O. The molecule has 0 unspecified atom stereocenters. The summed E-state index contributed by atoms with van der Waals surface area (Å²) < 4.78 is 6.94. The molecule has 1 atom stereocenters. The van der Waals surface area contributed by atoms with Crippen molar-refractivity contribution in [3.63, 3.8) is 0 Å². The highest BCUT2D eigenvalue weighted by molar-refractivity contribution is 6.04. The van der Waals surface area contributed by atoms with Gasteiger partial charge in [-0.15, -0.1) is 0 Å². The first-order valence-electron chi connectivity index (χ1n) is 8.60. The van der Waals surface area contributed by atoms with E-state index in [1.165, 1.54) is 4.68 Å². The number of benzene rings is 1. The van der Waals surface area contributed by atoms with E-state index < -0.39 is 0 Å². The predicted molar refractivity (Wildman–Crippen MR) is 92.2 cm³/mol. The lowest BCUT2D eigenvalue weighted by molar-refractivity contribution is 0.0853. The molecule has 0 spiro atoms. The molecule has 0 bridgehead atoms. The lowest BCUT2D eigenvalue weighted by Crippen LogP contribution is -2.34. The zero-order valence-corrected chi connectivity index (χ0v) is 14.0. The molecule has 1 N–H and O–H groups in total. The van der Waals surface area contributed by atoms with Crippen molar-refractivity contribution < 1.29 is 9.53 Å². The maximum atomic E-state index is 12.6. The van der Waals surface area contributed by atoms with E-state index in [0.29, 0.717) is 29.6 Å². The highest BCUT2D eigenvalue weighted by Crippen LogP contribution is 2.14. The quantitative estimate of drug-likeness (QED) is 0.881. The smallest absolute Gasteiger partial charge is 0.274 e. The number of carbonyl (C=O) groups is 1. The topological polar surface area (TPSA) is 73.2 Å². The summed E-state index contributed by atoms with van der Waals surface area (Å²) in [4.78, 5) is 25.1. The van der Waals surface area contributed by atoms with Gasteiger partial charge in [0, 0.05) is 25.1 Å². The fourth-order valence-corrected chi connectivity index (χ4v) is 2.96. The second-order valence-electron chi connectivity index (χ2n) is 6.12. The van der Waals surface area contributed by atoms with Crippen molar-refractivity contribution in [3.05, 3.63) is 40.3 Å². The Kier molecular flexibility index (Phi) is 5.25. The minimum absolute atomic E-state index is 0.0752. The Morgan fingerprint density at radius 3 is 2.88 bits per heavy atom. The summed E-state index contributed by atoms with van der Waals surface area (Å²) in [5, 5.41) is 8.36. The predicted octanol–water partition coefficient (Wildman–Crippen LogP) is 2.11. The van der Waals surface area contributed by atoms with Gasteiger partial charge in [-0.2, -0.15) is 5.10 Å². The van der Waals surface area contributed by atoms with E-state index in [4.69, 9.17) is 4.74 Å². The average molecular weight is 329 g/mol. The number of hydrogen-bond donors (Lipinski definition) is 1. The highest BCUT2D eigenvalue weighted by Gasteiger charge is 2.20. The van der Waals surface area contributed by atoms with E-state index in [-0.39, 0.29) is 17.6 Å². The fourth-order valence-electron chi connectivity index (χ4n) is 2.96. The summed E-state index contributed by atoms with van der Waals surface area (Å²) in [5.41, 5.74) is 0.161. The molecule has 1 saturated heterocycles. The molecule has 2 aromatic rings. The summed E-state index contributed by atoms with van der Waals surface area (Å²) >= 11 is 0. The fraction of sp³-hybridized carbons (Fsp3) is 0.500. The van der Waals surface area contributed by atoms with Crippen LogP contribution < -0.4 is 10.9 Å². The first-order valence-corrected chi connectivity index (χ1v) is 8.60. The molecule has 1 amide bonds. The van der Waals surface area contributed by atoms with Crippen molar-refractivity contribution >= 4 is 16.7 Å². The number of fused-ring (bicyclic) bond motifs is 1. The summed E-state index contributed by atoms with van der Waals surface area (Å²) in [7, 11) is 0. The van der Waals surface area contributed by atoms with Crippen molar-refractivity contribution in [2.24, 2.45) is 0 Å². The van der Waals surface area contributed by atoms with Crippen molar-refractivity contribution in [2.75, 3.05) is 13.2 Å². The van der Waals surface area contributed by atoms with Gasteiger partial charge in [-0.25, -0.2) is 4.68 Å². The number of rotatable bonds is 6. The van der Waals surface area contributed by atoms with Gasteiger partial charge in [0.1, 0.15) is 0 Å². The number of hydrogen-bond acceptors (Lipinski definition) is 4. The third-order valence-electron chi connectivity index (χ3n) is 4.32. The normalized spacial score (nSPS) is 17.3. The van der Waals surface area contributed by atoms with Gasteiger partial charge < -0.3 is 10.1 Å². The molecule has 128 valence electrons. The largest absolute Gasteiger partial charge is 0.376 e. The van der Waals surface area contributed by atoms with Crippen molar-refractivity contribution in [2.45, 2.75) is 45.3 Å². The number of ether oxygens (including phenoxy) is 1. The Morgan fingerprint density at radius 2 is 2.17 bits per heavy atom. The summed E-state index contributed by atoms with van der Waals surface area (Å²) in [6, 6.07) is 7.15. The van der Waals surface area contributed by atoms with Crippen LogP contribution in [0.5, 0.6) is 0 Å². The van der Waals surface area contributed by atoms with Crippen LogP contribution in [0, 0.1) is 0 Å². The first kappa shape index (κ1) is 16.6. The Bertz CT molecular complexity index is 779. The van der Waals surface area contributed by atoms with E-state index in [2.05, 4.69) is 17.3 Å². The van der Waals surface area contributed by atoms with Crippen LogP contribution in [0.15, 0.2) is 29.1 Å². The second-order valence-corrected chi connectivity index (χ2v) is 6.12. The molecule has 1 aromatic heterocycles. The van der Waals surface area contributed by atoms with Crippen LogP contribution in [-0.2, 0) is 11.3 Å². The van der Waals surface area contributed by atoms with Crippen LogP contribution in [0.2, 0.25) is 0 Å². The summed E-state index contributed by atoms with van der Waals surface area (Å²) in [5.74, 6) is -0.257. The van der Waals surface area contributed by atoms with Crippen LogP contribution in [-0.4, -0.2) is 34.9 Å². The van der Waals surface area contributed by atoms with Gasteiger partial charge >= 0.3 is 0 Å². The molecule has 24 heavy (non-hydrogen) atoms. The number of amides is 1. The van der Waals surface area contributed by atoms with Crippen LogP contribution >= 0.6 is 0 Å². The molecule has 2 heterocycles. The van der Waals surface area contributed by atoms with Crippen LogP contribution in [0.1, 0.15) is 43.1 Å². The van der Waals surface area contributed by atoms with Gasteiger partial charge in [0.05, 0.1) is 11.5 Å². The number of carbonyl (C=O) groups excluding carboxylic acids is 1. The molecule has 1 aliphatic heterocycles. The number of nitrogens with one attached hydrogen (secondary N) is 1. The van der Waals surface area contributed by atoms with E-state index in [1.807, 2.05) is 12.1 Å². The molecule has 1 aliphatic rings. The maximum Gasteiger partial charge on any atom is 0.274 e. The van der Waals surface area contributed by atoms with Gasteiger partial charge in [0.2, 0.25) is 0 Å². The zero-order valence-electron chi connectivity index (χ0n) is 14.0. The Hall–Kier alpha value is -2.21. The van der Waals surface area contributed by atoms with Crippen molar-refractivity contribution in [1.29, 1.82) is 0 Å². The Balaban J connectivity index is 1.91. The van der Waals surface area contributed by atoms with Crippen molar-refractivity contribution in [1.82, 2.24) is 15.1 Å². The van der Waals surface area contributed by atoms with E-state index in [0.717, 1.165) is 32.3 Å². The molecule has 0 saturated carbocycles. The van der Waals surface area contributed by atoms with Gasteiger partial charge in [-0.1, -0.05) is 31.5 Å². The lowest BCUT2D eigenvalue weighted by atomic mass is 10.1. The number of unbranched alkanes of at least 4 members (excludes halogenated alkanes) is 1. The number of aryl methyl sites for hydroxylation is 1. The number of nitrogens with zero attached hydrogens (tertiary/aromatic N) is 2. The van der Waals surface area contributed by atoms with Gasteiger partial charge in [-0.3, -0.25) is 9.59 Å². The molecule has 1 aromatic carbocycles. The third-order valence-corrected chi connectivity index (χ3v) is 4.32. The van der Waals surface area contributed by atoms with Gasteiger partial charge in [-0.05, 0) is 25.3 Å². The Morgan fingerprint density at radius 1 is 1.38 bits per heavy atom. The third kappa shape index (κ3) is 3.48. The monoisotopic (exact) mass is 329 g/mol. The lowest BCUT2D eigenvalue weighted by Gasteiger charge is -2.13. The van der Waals surface area contributed by atoms with E-state index >= 15 is 0 Å². The van der Waals surface area contributed by atoms with Crippen LogP contribution in [0.25, 0.3) is 10.8 Å². The molecule has 6 heteroatoms. The zero-order chi connectivity index (χ0) is 16.9. The van der Waals surface area contributed by atoms with Crippen LogP contribution in [0.3, 0.4) is 0 Å². The minimum atomic E-state index is -0.257. The van der Waals surface area contributed by atoms with Gasteiger partial charge in [0.15, 0.2) is 5.69 Å². The molecular weight excluding hydrogens is 306 g/mol. The van der Waals surface area contributed by atoms with Gasteiger partial charge in [0.25, 0.3) is 11.5 Å². The Labute approximate surface area is 140 Å². The molecule has 0 radical (unpaired) electrons. The van der Waals surface area contributed by atoms with Crippen molar-refractivity contribution in [3.8, 4) is 0 Å². The van der Waals surface area contributed by atoms with E-state index in [9.17, 15) is 9.59 Å². The minimum Gasteiger partial charge on any atom is -0.376 e. The number of aromatic nitrogens is 2. The highest BCUT2D eigenvalue weighted by atomic mass is 16.5. The maximum absolute atomic E-state index is 12.6. The van der Waals surface area contributed by atoms with Crippen LogP contribution in [0.4, 0.5) is 0 Å². The average Bonchev–Trinajstić information content (AvgIpc) is 3.13.